The number of benzene rings is 5. The average molecular weight is 648 g/mol. The van der Waals surface area contributed by atoms with Gasteiger partial charge in [-0.05, 0) is 54.0 Å². The third-order valence-corrected chi connectivity index (χ3v) is 9.69. The van der Waals surface area contributed by atoms with Gasteiger partial charge in [0.15, 0.2) is 0 Å². The quantitative estimate of drug-likeness (QED) is 0.0778. The molecule has 0 unspecified atom stereocenters. The fourth-order valence-corrected chi connectivity index (χ4v) is 6.97. The Kier molecular flexibility index (Phi) is 10.4. The van der Waals surface area contributed by atoms with Crippen LogP contribution in [0.2, 0.25) is 0 Å². The van der Waals surface area contributed by atoms with Crippen LogP contribution < -0.4 is 4.72 Å². The molecule has 0 radical (unpaired) electrons. The molecule has 240 valence electrons. The van der Waals surface area contributed by atoms with E-state index >= 15 is 0 Å². The van der Waals surface area contributed by atoms with Gasteiger partial charge in [0, 0.05) is 12.1 Å². The van der Waals surface area contributed by atoms with E-state index in [1.165, 1.54) is 24.3 Å². The van der Waals surface area contributed by atoms with Gasteiger partial charge in [-0.25, -0.2) is 13.1 Å². The van der Waals surface area contributed by atoms with Crippen LogP contribution in [0.3, 0.4) is 0 Å². The van der Waals surface area contributed by atoms with Gasteiger partial charge in [-0.15, -0.1) is 0 Å². The highest BCUT2D eigenvalue weighted by molar-refractivity contribution is 7.89. The molecular weight excluding hydrogens is 611 g/mol. The first kappa shape index (κ1) is 33.4. The minimum absolute atomic E-state index is 0.0747. The van der Waals surface area contributed by atoms with E-state index in [9.17, 15) is 18.5 Å². The highest BCUT2D eigenvalue weighted by atomic mass is 32.2. The molecule has 0 bridgehead atoms. The summed E-state index contributed by atoms with van der Waals surface area (Å²) in [5.74, 6) is 0. The topological polar surface area (TPSA) is 102 Å². The summed E-state index contributed by atoms with van der Waals surface area (Å²) in [6.07, 6.45) is 1.64. The maximum atomic E-state index is 13.9. The predicted molar refractivity (Wildman–Crippen MR) is 185 cm³/mol. The molecule has 1 N–H and O–H groups in total. The second kappa shape index (κ2) is 14.7. The van der Waals surface area contributed by atoms with Crippen molar-refractivity contribution < 1.29 is 18.1 Å². The molecule has 0 aliphatic rings. The lowest BCUT2D eigenvalue weighted by Gasteiger charge is -2.40. The number of nitrogens with zero attached hydrogens (tertiary/aromatic N) is 2. The number of ether oxygens (including phenoxy) is 1. The first-order chi connectivity index (χ1) is 22.7. The van der Waals surface area contributed by atoms with Crippen molar-refractivity contribution in [2.75, 3.05) is 20.7 Å². The molecule has 0 saturated heterocycles. The Morgan fingerprint density at radius 2 is 1.26 bits per heavy atom. The van der Waals surface area contributed by atoms with Crippen LogP contribution >= 0.6 is 0 Å². The number of rotatable bonds is 14. The van der Waals surface area contributed by atoms with Gasteiger partial charge < -0.3 is 9.64 Å². The van der Waals surface area contributed by atoms with Crippen molar-refractivity contribution in [1.29, 1.82) is 0 Å². The van der Waals surface area contributed by atoms with Crippen molar-refractivity contribution in [1.82, 2.24) is 9.62 Å². The van der Waals surface area contributed by atoms with Crippen molar-refractivity contribution in [2.45, 2.75) is 22.6 Å². The zero-order chi connectivity index (χ0) is 33.4. The Hall–Kier alpha value is -4.93. The van der Waals surface area contributed by atoms with E-state index in [2.05, 4.69) is 11.3 Å². The standard InChI is InChI=1S/C38H37N3O5S/c1-4-29-20-26-35(27-21-29)47(44,45)39-37(30-22-24-34(25-23-30)41(42)43)36(40(2)3)28-46-38(31-14-8-5-9-15-31,32-16-10-6-11-17-32)33-18-12-7-13-19-33/h4-27,36-37,39H,1,28H2,2-3H3/t36-,37+/m0/s1. The summed E-state index contributed by atoms with van der Waals surface area (Å²) in [5, 5.41) is 11.5. The Balaban J connectivity index is 1.62. The fraction of sp³-hybridized carbons (Fsp3) is 0.158. The maximum absolute atomic E-state index is 13.9. The first-order valence-corrected chi connectivity index (χ1v) is 16.6. The number of nitro groups is 1. The summed E-state index contributed by atoms with van der Waals surface area (Å²) >= 11 is 0. The predicted octanol–water partition coefficient (Wildman–Crippen LogP) is 7.20. The van der Waals surface area contributed by atoms with Gasteiger partial charge in [0.1, 0.15) is 5.60 Å². The first-order valence-electron chi connectivity index (χ1n) is 15.1. The Morgan fingerprint density at radius 1 is 0.787 bits per heavy atom. The highest BCUT2D eigenvalue weighted by Gasteiger charge is 2.40. The number of non-ortho nitro benzene ring substituents is 1. The van der Waals surface area contributed by atoms with Crippen LogP contribution in [0.1, 0.15) is 33.9 Å². The Labute approximate surface area is 276 Å². The number of nitro benzene ring substituents is 1. The van der Waals surface area contributed by atoms with Crippen LogP contribution in [-0.2, 0) is 20.4 Å². The van der Waals surface area contributed by atoms with Crippen LogP contribution in [0, 0.1) is 10.1 Å². The van der Waals surface area contributed by atoms with Gasteiger partial charge in [0.2, 0.25) is 10.0 Å². The molecule has 5 aromatic carbocycles. The van der Waals surface area contributed by atoms with Crippen molar-refractivity contribution >= 4 is 21.8 Å². The molecule has 5 rings (SSSR count). The maximum Gasteiger partial charge on any atom is 0.269 e. The molecule has 0 fully saturated rings. The molecule has 0 aliphatic carbocycles. The average Bonchev–Trinajstić information content (AvgIpc) is 3.10. The summed E-state index contributed by atoms with van der Waals surface area (Å²) < 4.78 is 37.8. The van der Waals surface area contributed by atoms with E-state index in [0.29, 0.717) is 5.56 Å². The van der Waals surface area contributed by atoms with Gasteiger partial charge >= 0.3 is 0 Å². The molecule has 5 aromatic rings. The normalized spacial score (nSPS) is 13.2. The number of nitrogens with one attached hydrogen (secondary N) is 1. The van der Waals surface area contributed by atoms with E-state index in [1.54, 1.807) is 30.3 Å². The second-order valence-electron chi connectivity index (χ2n) is 11.3. The minimum Gasteiger partial charge on any atom is -0.359 e. The Morgan fingerprint density at radius 3 is 1.66 bits per heavy atom. The molecule has 9 heteroatoms. The monoisotopic (exact) mass is 647 g/mol. The second-order valence-corrected chi connectivity index (χ2v) is 13.1. The molecule has 0 heterocycles. The van der Waals surface area contributed by atoms with E-state index in [1.807, 2.05) is 110 Å². The number of likely N-dealkylation sites (N-methyl/N-ethyl adjacent to an activating group) is 1. The van der Waals surface area contributed by atoms with E-state index in [0.717, 1.165) is 22.3 Å². The van der Waals surface area contributed by atoms with Gasteiger partial charge in [-0.1, -0.05) is 128 Å². The third kappa shape index (κ3) is 7.40. The van der Waals surface area contributed by atoms with Gasteiger partial charge in [0.05, 0.1) is 28.5 Å². The number of hydrogen-bond donors (Lipinski definition) is 1. The van der Waals surface area contributed by atoms with Crippen LogP contribution in [0.25, 0.3) is 6.08 Å². The molecule has 0 aromatic heterocycles. The van der Waals surface area contributed by atoms with Crippen molar-refractivity contribution in [3.05, 3.63) is 184 Å². The van der Waals surface area contributed by atoms with E-state index in [-0.39, 0.29) is 17.2 Å². The molecule has 2 atom stereocenters. The highest BCUT2D eigenvalue weighted by Crippen LogP contribution is 2.41. The summed E-state index contributed by atoms with van der Waals surface area (Å²) in [4.78, 5) is 13.0. The van der Waals surface area contributed by atoms with Crippen molar-refractivity contribution in [3.8, 4) is 0 Å². The number of hydrogen-bond acceptors (Lipinski definition) is 6. The van der Waals surface area contributed by atoms with Crippen LogP contribution in [0.4, 0.5) is 5.69 Å². The van der Waals surface area contributed by atoms with Crippen LogP contribution in [0.5, 0.6) is 0 Å². The van der Waals surface area contributed by atoms with E-state index in [4.69, 9.17) is 4.74 Å². The fourth-order valence-electron chi connectivity index (χ4n) is 5.71. The lowest BCUT2D eigenvalue weighted by molar-refractivity contribution is -0.384. The summed E-state index contributed by atoms with van der Waals surface area (Å²) in [6.45, 7) is 3.82. The van der Waals surface area contributed by atoms with Crippen molar-refractivity contribution in [3.63, 3.8) is 0 Å². The van der Waals surface area contributed by atoms with Gasteiger partial charge in [0.25, 0.3) is 5.69 Å². The third-order valence-electron chi connectivity index (χ3n) is 8.23. The summed E-state index contributed by atoms with van der Waals surface area (Å²) in [5.41, 5.74) is 2.92. The van der Waals surface area contributed by atoms with Crippen LogP contribution in [0.15, 0.2) is 151 Å². The van der Waals surface area contributed by atoms with Gasteiger partial charge in [-0.3, -0.25) is 10.1 Å². The lowest BCUT2D eigenvalue weighted by atomic mass is 9.80. The zero-order valence-corrected chi connectivity index (χ0v) is 27.1. The molecule has 0 saturated carbocycles. The van der Waals surface area contributed by atoms with Crippen molar-refractivity contribution in [2.24, 2.45) is 0 Å². The number of sulfonamides is 1. The zero-order valence-electron chi connectivity index (χ0n) is 26.3. The van der Waals surface area contributed by atoms with Crippen LogP contribution in [-0.4, -0.2) is 45.0 Å². The smallest absolute Gasteiger partial charge is 0.269 e. The molecule has 0 amide bonds. The van der Waals surface area contributed by atoms with Gasteiger partial charge in [-0.2, -0.15) is 0 Å². The lowest BCUT2D eigenvalue weighted by Crippen LogP contribution is -2.48. The largest absolute Gasteiger partial charge is 0.359 e. The SMILES string of the molecule is C=Cc1ccc(S(=O)(=O)N[C@H](c2ccc([N+](=O)[O-])cc2)[C@H](COC(c2ccccc2)(c2ccccc2)c2ccccc2)N(C)C)cc1. The van der Waals surface area contributed by atoms with E-state index < -0.39 is 32.6 Å². The Bertz CT molecular complexity index is 1790. The molecule has 47 heavy (non-hydrogen) atoms. The summed E-state index contributed by atoms with van der Waals surface area (Å²) in [7, 11) is -0.336. The molecule has 0 spiro atoms. The summed E-state index contributed by atoms with van der Waals surface area (Å²) in [6, 6.07) is 40.7. The molecule has 8 nitrogen and oxygen atoms in total. The minimum atomic E-state index is -4.05. The molecular formula is C38H37N3O5S. The molecule has 0 aliphatic heterocycles.